The molecule has 1 aliphatic rings. The molecule has 1 aliphatic heterocycles. The standard InChI is InChI=1S/C17H27NO2/c1-2-15-7-3-4-9-17(15)20-14-13-19-12-10-16-8-5-6-11-18-16/h3-4,7,9,16,18H,2,5-6,8,10-14H2,1H3. The van der Waals surface area contributed by atoms with E-state index >= 15 is 0 Å². The number of rotatable bonds is 8. The van der Waals surface area contributed by atoms with Crippen LogP contribution in [0.2, 0.25) is 0 Å². The first-order valence-electron chi connectivity index (χ1n) is 7.92. The molecule has 1 heterocycles. The maximum Gasteiger partial charge on any atom is 0.122 e. The van der Waals surface area contributed by atoms with Gasteiger partial charge in [-0.3, -0.25) is 0 Å². The number of ether oxygens (including phenoxy) is 2. The first kappa shape index (κ1) is 15.3. The van der Waals surface area contributed by atoms with Gasteiger partial charge in [-0.15, -0.1) is 0 Å². The summed E-state index contributed by atoms with van der Waals surface area (Å²) in [5.41, 5.74) is 1.26. The van der Waals surface area contributed by atoms with Crippen LogP contribution >= 0.6 is 0 Å². The zero-order chi connectivity index (χ0) is 14.0. The molecule has 0 radical (unpaired) electrons. The number of benzene rings is 1. The summed E-state index contributed by atoms with van der Waals surface area (Å²) in [6.07, 6.45) is 6.09. The van der Waals surface area contributed by atoms with Crippen molar-refractivity contribution >= 4 is 0 Å². The zero-order valence-corrected chi connectivity index (χ0v) is 12.6. The number of hydrogen-bond donors (Lipinski definition) is 1. The second kappa shape index (κ2) is 8.98. The van der Waals surface area contributed by atoms with Gasteiger partial charge in [-0.2, -0.15) is 0 Å². The summed E-state index contributed by atoms with van der Waals surface area (Å²) in [4.78, 5) is 0. The molecule has 1 aromatic carbocycles. The maximum atomic E-state index is 5.78. The minimum atomic E-state index is 0.634. The number of nitrogens with one attached hydrogen (secondary N) is 1. The Balaban J connectivity index is 1.55. The van der Waals surface area contributed by atoms with Crippen molar-refractivity contribution in [3.63, 3.8) is 0 Å². The Morgan fingerprint density at radius 1 is 1.15 bits per heavy atom. The van der Waals surface area contributed by atoms with Crippen LogP contribution in [0.3, 0.4) is 0 Å². The second-order valence-electron chi connectivity index (χ2n) is 5.36. The summed E-state index contributed by atoms with van der Waals surface area (Å²) in [5, 5.41) is 3.54. The van der Waals surface area contributed by atoms with Gasteiger partial charge in [-0.05, 0) is 43.9 Å². The number of hydrogen-bond acceptors (Lipinski definition) is 3. The molecule has 1 saturated heterocycles. The molecule has 1 aromatic rings. The molecule has 0 spiro atoms. The van der Waals surface area contributed by atoms with Crippen LogP contribution in [-0.2, 0) is 11.2 Å². The summed E-state index contributed by atoms with van der Waals surface area (Å²) in [6, 6.07) is 8.88. The van der Waals surface area contributed by atoms with E-state index < -0.39 is 0 Å². The summed E-state index contributed by atoms with van der Waals surface area (Å²) >= 11 is 0. The van der Waals surface area contributed by atoms with E-state index in [1.165, 1.54) is 31.4 Å². The van der Waals surface area contributed by atoms with Gasteiger partial charge in [-0.1, -0.05) is 31.5 Å². The topological polar surface area (TPSA) is 30.5 Å². The van der Waals surface area contributed by atoms with Crippen LogP contribution in [0.15, 0.2) is 24.3 Å². The highest BCUT2D eigenvalue weighted by atomic mass is 16.5. The molecule has 3 nitrogen and oxygen atoms in total. The minimum Gasteiger partial charge on any atom is -0.491 e. The maximum absolute atomic E-state index is 5.78. The van der Waals surface area contributed by atoms with Gasteiger partial charge in [0.05, 0.1) is 6.61 Å². The normalized spacial score (nSPS) is 18.9. The lowest BCUT2D eigenvalue weighted by Gasteiger charge is -2.23. The van der Waals surface area contributed by atoms with Gasteiger partial charge in [0.15, 0.2) is 0 Å². The first-order valence-corrected chi connectivity index (χ1v) is 7.92. The van der Waals surface area contributed by atoms with Crippen molar-refractivity contribution in [3.05, 3.63) is 29.8 Å². The molecule has 1 fully saturated rings. The molecule has 1 N–H and O–H groups in total. The lowest BCUT2D eigenvalue weighted by atomic mass is 10.0. The third-order valence-electron chi connectivity index (χ3n) is 3.86. The highest BCUT2D eigenvalue weighted by Crippen LogP contribution is 2.18. The third-order valence-corrected chi connectivity index (χ3v) is 3.86. The van der Waals surface area contributed by atoms with Crippen molar-refractivity contribution in [2.45, 2.75) is 45.1 Å². The summed E-state index contributed by atoms with van der Waals surface area (Å²) in [6.45, 7) is 5.45. The fourth-order valence-corrected chi connectivity index (χ4v) is 2.65. The molecule has 0 aliphatic carbocycles. The van der Waals surface area contributed by atoms with E-state index in [0.717, 1.165) is 25.2 Å². The highest BCUT2D eigenvalue weighted by molar-refractivity contribution is 5.33. The van der Waals surface area contributed by atoms with Crippen LogP contribution in [0.4, 0.5) is 0 Å². The van der Waals surface area contributed by atoms with Gasteiger partial charge >= 0.3 is 0 Å². The van der Waals surface area contributed by atoms with Gasteiger partial charge in [0.2, 0.25) is 0 Å². The Kier molecular flexibility index (Phi) is 6.89. The Labute approximate surface area is 122 Å². The average Bonchev–Trinajstić information content (AvgIpc) is 2.52. The lowest BCUT2D eigenvalue weighted by molar-refractivity contribution is 0.0908. The predicted molar refractivity (Wildman–Crippen MR) is 82.4 cm³/mol. The van der Waals surface area contributed by atoms with Gasteiger partial charge in [-0.25, -0.2) is 0 Å². The van der Waals surface area contributed by atoms with E-state index in [1.54, 1.807) is 0 Å². The SMILES string of the molecule is CCc1ccccc1OCCOCCC1CCCCN1. The van der Waals surface area contributed by atoms with Crippen molar-refractivity contribution in [2.75, 3.05) is 26.4 Å². The Morgan fingerprint density at radius 2 is 2.05 bits per heavy atom. The van der Waals surface area contributed by atoms with Gasteiger partial charge in [0.25, 0.3) is 0 Å². The van der Waals surface area contributed by atoms with Crippen molar-refractivity contribution < 1.29 is 9.47 Å². The molecule has 0 bridgehead atoms. The number of piperidine rings is 1. The quantitative estimate of drug-likeness (QED) is 0.740. The Morgan fingerprint density at radius 3 is 2.85 bits per heavy atom. The monoisotopic (exact) mass is 277 g/mol. The van der Waals surface area contributed by atoms with E-state index in [9.17, 15) is 0 Å². The predicted octanol–water partition coefficient (Wildman–Crippen LogP) is 3.18. The number of para-hydroxylation sites is 1. The molecule has 3 heteroatoms. The van der Waals surface area contributed by atoms with Crippen LogP contribution in [0, 0.1) is 0 Å². The van der Waals surface area contributed by atoms with Crippen molar-refractivity contribution in [2.24, 2.45) is 0 Å². The molecule has 1 atom stereocenters. The van der Waals surface area contributed by atoms with E-state index in [4.69, 9.17) is 9.47 Å². The van der Waals surface area contributed by atoms with E-state index in [0.29, 0.717) is 19.3 Å². The fourth-order valence-electron chi connectivity index (χ4n) is 2.65. The summed E-state index contributed by atoms with van der Waals surface area (Å²) < 4.78 is 11.4. The van der Waals surface area contributed by atoms with Crippen LogP contribution in [0.1, 0.15) is 38.2 Å². The second-order valence-corrected chi connectivity index (χ2v) is 5.36. The molecule has 0 amide bonds. The third kappa shape index (κ3) is 5.14. The Bertz CT molecular complexity index is 375. The van der Waals surface area contributed by atoms with Crippen molar-refractivity contribution in [1.82, 2.24) is 5.32 Å². The highest BCUT2D eigenvalue weighted by Gasteiger charge is 2.11. The molecule has 2 rings (SSSR count). The fraction of sp³-hybridized carbons (Fsp3) is 0.647. The molecule has 0 aromatic heterocycles. The molecular weight excluding hydrogens is 250 g/mol. The molecule has 0 saturated carbocycles. The van der Waals surface area contributed by atoms with Crippen LogP contribution in [-0.4, -0.2) is 32.4 Å². The number of aryl methyl sites for hydroxylation is 1. The van der Waals surface area contributed by atoms with Crippen LogP contribution < -0.4 is 10.1 Å². The smallest absolute Gasteiger partial charge is 0.122 e. The molecule has 112 valence electrons. The van der Waals surface area contributed by atoms with E-state index in [1.807, 2.05) is 12.1 Å². The van der Waals surface area contributed by atoms with Gasteiger partial charge in [0.1, 0.15) is 12.4 Å². The lowest BCUT2D eigenvalue weighted by Crippen LogP contribution is -2.34. The van der Waals surface area contributed by atoms with Crippen LogP contribution in [0.25, 0.3) is 0 Å². The molecule has 1 unspecified atom stereocenters. The summed E-state index contributed by atoms with van der Waals surface area (Å²) in [5.74, 6) is 0.993. The molecule has 20 heavy (non-hydrogen) atoms. The van der Waals surface area contributed by atoms with Gasteiger partial charge < -0.3 is 14.8 Å². The minimum absolute atomic E-state index is 0.634. The van der Waals surface area contributed by atoms with Crippen molar-refractivity contribution in [3.8, 4) is 5.75 Å². The largest absolute Gasteiger partial charge is 0.491 e. The van der Waals surface area contributed by atoms with Crippen molar-refractivity contribution in [1.29, 1.82) is 0 Å². The Hall–Kier alpha value is -1.06. The zero-order valence-electron chi connectivity index (χ0n) is 12.6. The van der Waals surface area contributed by atoms with Gasteiger partial charge in [0, 0.05) is 12.6 Å². The van der Waals surface area contributed by atoms with E-state index in [-0.39, 0.29) is 0 Å². The molecular formula is C17H27NO2. The average molecular weight is 277 g/mol. The van der Waals surface area contributed by atoms with Crippen LogP contribution in [0.5, 0.6) is 5.75 Å². The van der Waals surface area contributed by atoms with E-state index in [2.05, 4.69) is 24.4 Å². The first-order chi connectivity index (χ1) is 9.90. The summed E-state index contributed by atoms with van der Waals surface area (Å²) in [7, 11) is 0.